The predicted octanol–water partition coefficient (Wildman–Crippen LogP) is 6.18. The number of nitrogens with zero attached hydrogens (tertiary/aromatic N) is 4. The zero-order valence-corrected chi connectivity index (χ0v) is 20.5. The van der Waals surface area contributed by atoms with Crippen molar-refractivity contribution in [2.45, 2.75) is 39.7 Å². The van der Waals surface area contributed by atoms with Gasteiger partial charge in [-0.25, -0.2) is 9.78 Å². The number of carbonyl (C=O) groups is 1. The summed E-state index contributed by atoms with van der Waals surface area (Å²) in [6.07, 6.45) is 4.75. The normalized spacial score (nSPS) is 14.7. The number of ether oxygens (including phenoxy) is 1. The Morgan fingerprint density at radius 1 is 1.15 bits per heavy atom. The largest absolute Gasteiger partial charge is 0.444 e. The van der Waals surface area contributed by atoms with Crippen LogP contribution in [0.15, 0.2) is 42.6 Å². The van der Waals surface area contributed by atoms with Gasteiger partial charge >= 0.3 is 6.09 Å². The van der Waals surface area contributed by atoms with E-state index in [-0.39, 0.29) is 6.09 Å². The number of aryl methyl sites for hydroxylation is 2. The lowest BCUT2D eigenvalue weighted by Gasteiger charge is -2.29. The molecule has 0 bridgehead atoms. The number of thiazole rings is 1. The molecule has 0 saturated heterocycles. The summed E-state index contributed by atoms with van der Waals surface area (Å²) in [6.45, 7) is 9.01. The van der Waals surface area contributed by atoms with Crippen molar-refractivity contribution >= 4 is 44.1 Å². The fourth-order valence-corrected chi connectivity index (χ4v) is 5.22. The van der Waals surface area contributed by atoms with E-state index in [0.717, 1.165) is 39.0 Å². The van der Waals surface area contributed by atoms with Gasteiger partial charge in [-0.1, -0.05) is 12.1 Å². The molecule has 7 heteroatoms. The van der Waals surface area contributed by atoms with E-state index in [1.807, 2.05) is 38.7 Å². The molecule has 2 aromatic heterocycles. The minimum Gasteiger partial charge on any atom is -0.444 e. The topological polar surface area (TPSA) is 60.3 Å². The van der Waals surface area contributed by atoms with Crippen molar-refractivity contribution in [2.24, 2.45) is 7.05 Å². The van der Waals surface area contributed by atoms with E-state index in [1.165, 1.54) is 15.8 Å². The Morgan fingerprint density at radius 2 is 1.97 bits per heavy atom. The third kappa shape index (κ3) is 4.37. The summed E-state index contributed by atoms with van der Waals surface area (Å²) >= 11 is 1.71. The van der Waals surface area contributed by atoms with Gasteiger partial charge in [0.1, 0.15) is 10.6 Å². The predicted molar refractivity (Wildman–Crippen MR) is 134 cm³/mol. The molecule has 1 amide bonds. The van der Waals surface area contributed by atoms with Crippen LogP contribution in [0, 0.1) is 6.92 Å². The third-order valence-electron chi connectivity index (χ3n) is 5.78. The number of carbonyl (C=O) groups excluding carboxylic acids is 1. The van der Waals surface area contributed by atoms with Crippen LogP contribution in [-0.2, 0) is 11.8 Å². The van der Waals surface area contributed by atoms with Crippen LogP contribution in [0.2, 0.25) is 0 Å². The molecule has 0 aliphatic carbocycles. The number of aromatic nitrogens is 3. The molecular weight excluding hydrogens is 432 g/mol. The molecule has 0 fully saturated rings. The Morgan fingerprint density at radius 3 is 2.70 bits per heavy atom. The smallest absolute Gasteiger partial charge is 0.410 e. The molecule has 0 radical (unpaired) electrons. The van der Waals surface area contributed by atoms with Gasteiger partial charge < -0.3 is 9.64 Å². The maximum absolute atomic E-state index is 12.3. The number of benzene rings is 2. The molecule has 3 heterocycles. The molecule has 6 nitrogen and oxygen atoms in total. The lowest BCUT2D eigenvalue weighted by molar-refractivity contribution is 0.0270. The SMILES string of the molecule is Cc1cc(-c2nc3ccc(C4=CCN(C(=O)OC(C)(C)C)CC4)cc3s2)cc2cn(C)nc12. The Kier molecular flexibility index (Phi) is 5.24. The van der Waals surface area contributed by atoms with Crippen molar-refractivity contribution < 1.29 is 9.53 Å². The van der Waals surface area contributed by atoms with E-state index >= 15 is 0 Å². The van der Waals surface area contributed by atoms with Crippen LogP contribution in [0.1, 0.15) is 38.3 Å². The average molecular weight is 461 g/mol. The van der Waals surface area contributed by atoms with Gasteiger partial charge in [-0.3, -0.25) is 4.68 Å². The fraction of sp³-hybridized carbons (Fsp3) is 0.346. The lowest BCUT2D eigenvalue weighted by atomic mass is 9.99. The first-order chi connectivity index (χ1) is 15.7. The molecule has 0 atom stereocenters. The van der Waals surface area contributed by atoms with Crippen LogP contribution < -0.4 is 0 Å². The van der Waals surface area contributed by atoms with Crippen molar-refractivity contribution in [3.05, 3.63) is 53.7 Å². The highest BCUT2D eigenvalue weighted by atomic mass is 32.1. The highest BCUT2D eigenvalue weighted by molar-refractivity contribution is 7.21. The molecule has 1 aliphatic heterocycles. The summed E-state index contributed by atoms with van der Waals surface area (Å²) in [7, 11) is 1.95. The maximum atomic E-state index is 12.3. The molecule has 33 heavy (non-hydrogen) atoms. The standard InChI is InChI=1S/C26H28N4O2S/c1-16-12-19(13-20-15-29(5)28-23(16)20)24-27-21-7-6-18(14-22(21)33-24)17-8-10-30(11-9-17)25(31)32-26(2,3)4/h6-8,12-15H,9-11H2,1-5H3. The van der Waals surface area contributed by atoms with Gasteiger partial charge in [0, 0.05) is 37.3 Å². The van der Waals surface area contributed by atoms with Crippen LogP contribution in [0.5, 0.6) is 0 Å². The number of rotatable bonds is 2. The quantitative estimate of drug-likeness (QED) is 0.358. The van der Waals surface area contributed by atoms with Gasteiger partial charge in [-0.2, -0.15) is 5.10 Å². The maximum Gasteiger partial charge on any atom is 0.410 e. The first-order valence-electron chi connectivity index (χ1n) is 11.2. The summed E-state index contributed by atoms with van der Waals surface area (Å²) in [5, 5.41) is 6.70. The zero-order chi connectivity index (χ0) is 23.3. The Bertz CT molecular complexity index is 1410. The van der Waals surface area contributed by atoms with Gasteiger partial charge in [-0.05, 0) is 75.1 Å². The highest BCUT2D eigenvalue weighted by Gasteiger charge is 2.24. The van der Waals surface area contributed by atoms with Gasteiger partial charge in [-0.15, -0.1) is 11.3 Å². The second kappa shape index (κ2) is 7.99. The van der Waals surface area contributed by atoms with Gasteiger partial charge in [0.15, 0.2) is 0 Å². The van der Waals surface area contributed by atoms with Crippen LogP contribution in [-0.4, -0.2) is 44.4 Å². The van der Waals surface area contributed by atoms with Crippen LogP contribution in [0.3, 0.4) is 0 Å². The Balaban J connectivity index is 1.40. The van der Waals surface area contributed by atoms with E-state index in [1.54, 1.807) is 16.2 Å². The second-order valence-electron chi connectivity index (χ2n) is 9.64. The van der Waals surface area contributed by atoms with Crippen LogP contribution >= 0.6 is 11.3 Å². The molecular formula is C26H28N4O2S. The van der Waals surface area contributed by atoms with E-state index < -0.39 is 5.60 Å². The molecule has 0 spiro atoms. The molecule has 0 unspecified atom stereocenters. The molecule has 0 N–H and O–H groups in total. The molecule has 0 saturated carbocycles. The van der Waals surface area contributed by atoms with Gasteiger partial charge in [0.05, 0.1) is 15.7 Å². The fourth-order valence-electron chi connectivity index (χ4n) is 4.22. The molecule has 5 rings (SSSR count). The van der Waals surface area contributed by atoms with Crippen molar-refractivity contribution in [2.75, 3.05) is 13.1 Å². The minimum absolute atomic E-state index is 0.249. The van der Waals surface area contributed by atoms with E-state index in [4.69, 9.17) is 9.72 Å². The first-order valence-corrected chi connectivity index (χ1v) is 12.0. The first kappa shape index (κ1) is 21.6. The van der Waals surface area contributed by atoms with Crippen molar-refractivity contribution in [3.8, 4) is 10.6 Å². The third-order valence-corrected chi connectivity index (χ3v) is 6.85. The minimum atomic E-state index is -0.476. The molecule has 170 valence electrons. The number of amides is 1. The van der Waals surface area contributed by atoms with Crippen molar-refractivity contribution in [1.29, 1.82) is 0 Å². The second-order valence-corrected chi connectivity index (χ2v) is 10.7. The van der Waals surface area contributed by atoms with Crippen LogP contribution in [0.25, 0.3) is 37.3 Å². The number of fused-ring (bicyclic) bond motifs is 2. The van der Waals surface area contributed by atoms with E-state index in [0.29, 0.717) is 13.1 Å². The van der Waals surface area contributed by atoms with Crippen LogP contribution in [0.4, 0.5) is 4.79 Å². The van der Waals surface area contributed by atoms with Crippen molar-refractivity contribution in [3.63, 3.8) is 0 Å². The van der Waals surface area contributed by atoms with Crippen molar-refractivity contribution in [1.82, 2.24) is 19.7 Å². The summed E-state index contributed by atoms with van der Waals surface area (Å²) < 4.78 is 8.53. The summed E-state index contributed by atoms with van der Waals surface area (Å²) in [6, 6.07) is 10.8. The van der Waals surface area contributed by atoms with Gasteiger partial charge in [0.25, 0.3) is 0 Å². The van der Waals surface area contributed by atoms with E-state index in [2.05, 4.69) is 48.4 Å². The van der Waals surface area contributed by atoms with E-state index in [9.17, 15) is 4.79 Å². The Hall–Kier alpha value is -3.19. The molecule has 1 aliphatic rings. The monoisotopic (exact) mass is 460 g/mol. The zero-order valence-electron chi connectivity index (χ0n) is 19.7. The Labute approximate surface area is 197 Å². The summed E-state index contributed by atoms with van der Waals surface area (Å²) in [4.78, 5) is 19.0. The summed E-state index contributed by atoms with van der Waals surface area (Å²) in [5.41, 5.74) is 6.31. The highest BCUT2D eigenvalue weighted by Crippen LogP contribution is 2.35. The summed E-state index contributed by atoms with van der Waals surface area (Å²) in [5.74, 6) is 0. The molecule has 4 aromatic rings. The lowest BCUT2D eigenvalue weighted by Crippen LogP contribution is -2.39. The molecule has 2 aromatic carbocycles. The number of hydrogen-bond donors (Lipinski definition) is 0. The average Bonchev–Trinajstić information content (AvgIpc) is 3.35. The number of hydrogen-bond acceptors (Lipinski definition) is 5. The van der Waals surface area contributed by atoms with Gasteiger partial charge in [0.2, 0.25) is 0 Å².